The van der Waals surface area contributed by atoms with Gasteiger partial charge in [-0.2, -0.15) is 0 Å². The second-order valence-corrected chi connectivity index (χ2v) is 7.18. The molecule has 0 saturated carbocycles. The molecule has 0 spiro atoms. The molecule has 0 aromatic carbocycles. The van der Waals surface area contributed by atoms with Gasteiger partial charge in [0.1, 0.15) is 0 Å². The van der Waals surface area contributed by atoms with Crippen LogP contribution in [-0.2, 0) is 4.74 Å². The van der Waals surface area contributed by atoms with Gasteiger partial charge in [0.2, 0.25) is 0 Å². The molecule has 1 aliphatic heterocycles. The van der Waals surface area contributed by atoms with Gasteiger partial charge in [-0.15, -0.1) is 0 Å². The molecule has 5 N–H and O–H groups in total. The monoisotopic (exact) mass is 390 g/mol. The molecule has 11 heteroatoms. The predicted molar refractivity (Wildman–Crippen MR) is 77.9 cm³/mol. The molecule has 1 saturated heterocycles. The van der Waals surface area contributed by atoms with Crippen molar-refractivity contribution in [2.75, 3.05) is 6.61 Å². The standard InChI is InChI=1S/C12H14N4O6Se/c17-3-5-8(18)9(19)11(22-5)16-2-6(10(20)15-12(16)21)23-7-1-13-4-14-7/h1-2,4-5,8-9,11,17-19H,3H2,(H,13,14)(H,15,20,21)/t5-,8-,9-,11-/m1/s1. The van der Waals surface area contributed by atoms with Crippen LogP contribution in [0.25, 0.3) is 0 Å². The SMILES string of the molecule is O=c1[nH]c(=O)n([C@@H]2O[C@H](CO)[C@@H](O)[C@H]2O)cc1[Se]c1cnc[nH]1. The summed E-state index contributed by atoms with van der Waals surface area (Å²) in [5.41, 5.74) is -1.30. The molecule has 0 radical (unpaired) electrons. The van der Waals surface area contributed by atoms with Gasteiger partial charge in [0.25, 0.3) is 0 Å². The number of aliphatic hydroxyl groups is 3. The van der Waals surface area contributed by atoms with Crippen molar-refractivity contribution in [1.82, 2.24) is 19.5 Å². The molecule has 4 atom stereocenters. The third-order valence-electron chi connectivity index (χ3n) is 3.42. The third-order valence-corrected chi connectivity index (χ3v) is 5.42. The second-order valence-electron chi connectivity index (χ2n) is 4.91. The van der Waals surface area contributed by atoms with E-state index in [2.05, 4.69) is 15.0 Å². The molecule has 0 aliphatic carbocycles. The zero-order chi connectivity index (χ0) is 16.6. The van der Waals surface area contributed by atoms with Gasteiger partial charge in [-0.25, -0.2) is 0 Å². The van der Waals surface area contributed by atoms with E-state index in [4.69, 9.17) is 9.84 Å². The van der Waals surface area contributed by atoms with E-state index in [0.29, 0.717) is 4.46 Å². The van der Waals surface area contributed by atoms with Gasteiger partial charge >= 0.3 is 134 Å². The fourth-order valence-corrected chi connectivity index (χ4v) is 3.88. The number of nitrogens with one attached hydrogen (secondary N) is 2. The van der Waals surface area contributed by atoms with E-state index in [-0.39, 0.29) is 0 Å². The first kappa shape index (κ1) is 16.1. The summed E-state index contributed by atoms with van der Waals surface area (Å²) in [6, 6.07) is 0. The Labute approximate surface area is 134 Å². The van der Waals surface area contributed by atoms with Crippen molar-refractivity contribution in [3.63, 3.8) is 0 Å². The van der Waals surface area contributed by atoms with Crippen LogP contribution in [0.4, 0.5) is 0 Å². The Hall–Kier alpha value is -1.75. The van der Waals surface area contributed by atoms with Crippen molar-refractivity contribution in [3.05, 3.63) is 39.6 Å². The Morgan fingerprint density at radius 3 is 2.74 bits per heavy atom. The van der Waals surface area contributed by atoms with Gasteiger partial charge < -0.3 is 0 Å². The Morgan fingerprint density at radius 1 is 1.35 bits per heavy atom. The van der Waals surface area contributed by atoms with Crippen molar-refractivity contribution < 1.29 is 20.1 Å². The number of aromatic amines is 2. The average molecular weight is 389 g/mol. The number of ether oxygens (including phenoxy) is 1. The molecular weight excluding hydrogens is 375 g/mol. The summed E-state index contributed by atoms with van der Waals surface area (Å²) in [5.74, 6) is 0. The van der Waals surface area contributed by atoms with Gasteiger partial charge in [0.05, 0.1) is 0 Å². The first-order valence-electron chi connectivity index (χ1n) is 6.65. The minimum atomic E-state index is -1.40. The van der Waals surface area contributed by atoms with Crippen LogP contribution in [0.3, 0.4) is 0 Å². The van der Waals surface area contributed by atoms with Crippen LogP contribution in [0.5, 0.6) is 0 Å². The zero-order valence-electron chi connectivity index (χ0n) is 11.6. The van der Waals surface area contributed by atoms with Gasteiger partial charge in [-0.1, -0.05) is 0 Å². The molecule has 10 nitrogen and oxygen atoms in total. The quantitative estimate of drug-likeness (QED) is 0.331. The van der Waals surface area contributed by atoms with Crippen LogP contribution in [0, 0.1) is 0 Å². The average Bonchev–Trinajstić information content (AvgIpc) is 3.12. The van der Waals surface area contributed by atoms with Gasteiger partial charge in [0.15, 0.2) is 0 Å². The molecule has 124 valence electrons. The van der Waals surface area contributed by atoms with Crippen molar-refractivity contribution in [1.29, 1.82) is 0 Å². The van der Waals surface area contributed by atoms with Crippen LogP contribution < -0.4 is 20.3 Å². The van der Waals surface area contributed by atoms with Crippen molar-refractivity contribution in [3.8, 4) is 0 Å². The topological polar surface area (TPSA) is 153 Å². The van der Waals surface area contributed by atoms with Crippen molar-refractivity contribution in [2.45, 2.75) is 24.5 Å². The fraction of sp³-hybridized carbons (Fsp3) is 0.417. The number of imidazole rings is 1. The Balaban J connectivity index is 1.96. The van der Waals surface area contributed by atoms with E-state index in [1.165, 1.54) is 12.5 Å². The normalized spacial score (nSPS) is 27.4. The van der Waals surface area contributed by atoms with Crippen LogP contribution in [0.15, 0.2) is 28.3 Å². The summed E-state index contributed by atoms with van der Waals surface area (Å²) in [5, 5.41) is 28.9. The molecule has 3 heterocycles. The van der Waals surface area contributed by atoms with E-state index in [9.17, 15) is 19.8 Å². The van der Waals surface area contributed by atoms with Crippen LogP contribution in [0.1, 0.15) is 6.23 Å². The number of hydrogen-bond acceptors (Lipinski definition) is 7. The molecule has 1 aliphatic rings. The number of aliphatic hydroxyl groups excluding tert-OH is 3. The Bertz CT molecular complexity index is 788. The van der Waals surface area contributed by atoms with Crippen LogP contribution in [0.2, 0.25) is 0 Å². The molecule has 23 heavy (non-hydrogen) atoms. The van der Waals surface area contributed by atoms with E-state index in [0.717, 1.165) is 9.16 Å². The molecule has 0 bridgehead atoms. The minimum absolute atomic E-state index is 0.319. The summed E-state index contributed by atoms with van der Waals surface area (Å²) >= 11 is -0.432. The second kappa shape index (κ2) is 6.40. The summed E-state index contributed by atoms with van der Waals surface area (Å²) in [6.07, 6.45) is -0.580. The number of hydrogen-bond donors (Lipinski definition) is 5. The number of aromatic nitrogens is 4. The first-order valence-corrected chi connectivity index (χ1v) is 8.36. The summed E-state index contributed by atoms with van der Waals surface area (Å²) in [6.45, 7) is -0.502. The molecule has 0 amide bonds. The molecular formula is C12H14N4O6Se. The van der Waals surface area contributed by atoms with Crippen molar-refractivity contribution >= 4 is 24.0 Å². The summed E-state index contributed by atoms with van der Waals surface area (Å²) < 4.78 is 7.37. The molecule has 1 fully saturated rings. The predicted octanol–water partition coefficient (Wildman–Crippen LogP) is -4.47. The number of nitrogens with zero attached hydrogens (tertiary/aromatic N) is 2. The summed E-state index contributed by atoms with van der Waals surface area (Å²) in [7, 11) is 0. The zero-order valence-corrected chi connectivity index (χ0v) is 13.3. The number of H-pyrrole nitrogens is 2. The third kappa shape index (κ3) is 3.02. The Morgan fingerprint density at radius 2 is 2.13 bits per heavy atom. The molecule has 2 aromatic rings. The van der Waals surface area contributed by atoms with Crippen LogP contribution >= 0.6 is 0 Å². The Kier molecular flexibility index (Phi) is 4.48. The van der Waals surface area contributed by atoms with E-state index in [1.54, 1.807) is 6.20 Å². The maximum absolute atomic E-state index is 12.0. The first-order chi connectivity index (χ1) is 11.0. The maximum atomic E-state index is 12.0. The van der Waals surface area contributed by atoms with Crippen LogP contribution in [-0.4, -0.2) is 74.7 Å². The number of rotatable bonds is 4. The van der Waals surface area contributed by atoms with Crippen molar-refractivity contribution in [2.24, 2.45) is 0 Å². The molecule has 3 rings (SSSR count). The fourth-order valence-electron chi connectivity index (χ4n) is 2.26. The summed E-state index contributed by atoms with van der Waals surface area (Å²) in [4.78, 5) is 32.8. The van der Waals surface area contributed by atoms with Gasteiger partial charge in [0, 0.05) is 0 Å². The van der Waals surface area contributed by atoms with E-state index >= 15 is 0 Å². The molecule has 2 aromatic heterocycles. The van der Waals surface area contributed by atoms with E-state index < -0.39 is 57.4 Å². The van der Waals surface area contributed by atoms with E-state index in [1.807, 2.05) is 0 Å². The van der Waals surface area contributed by atoms with Gasteiger partial charge in [-0.3, -0.25) is 0 Å². The van der Waals surface area contributed by atoms with Gasteiger partial charge in [-0.05, 0) is 0 Å². The molecule has 0 unspecified atom stereocenters.